The largest absolute Gasteiger partial charge is 0.389 e. The number of hydrogen-bond donors (Lipinski definition) is 2. The third-order valence-electron chi connectivity index (χ3n) is 5.04. The number of H-pyrrole nitrogens is 1. The van der Waals surface area contributed by atoms with Crippen LogP contribution in [0.4, 0.5) is 0 Å². The number of hydrogen-bond acceptors (Lipinski definition) is 7. The van der Waals surface area contributed by atoms with Crippen LogP contribution in [-0.4, -0.2) is 65.1 Å². The van der Waals surface area contributed by atoms with Crippen molar-refractivity contribution in [3.63, 3.8) is 0 Å². The summed E-state index contributed by atoms with van der Waals surface area (Å²) < 4.78 is 10.9. The molecule has 3 rings (SSSR count). The molecule has 2 heterocycles. The highest BCUT2D eigenvalue weighted by Crippen LogP contribution is 2.33. The number of aryl methyl sites for hydroxylation is 2. The zero-order valence-electron chi connectivity index (χ0n) is 17.9. The summed E-state index contributed by atoms with van der Waals surface area (Å²) in [5.74, 6) is 0.626. The van der Waals surface area contributed by atoms with Crippen molar-refractivity contribution in [2.75, 3.05) is 33.4 Å². The smallest absolute Gasteiger partial charge is 0.259 e. The number of fused-ring (bicyclic) bond motifs is 3. The number of aromatic nitrogens is 2. The second-order valence-electron chi connectivity index (χ2n) is 8.71. The Hall–Kier alpha value is -1.32. The first-order valence-corrected chi connectivity index (χ1v) is 11.1. The van der Waals surface area contributed by atoms with Gasteiger partial charge in [0.05, 0.1) is 36.8 Å². The Morgan fingerprint density at radius 1 is 1.31 bits per heavy atom. The number of ether oxygens (including phenoxy) is 2. The number of nitrogens with zero attached hydrogens (tertiary/aromatic N) is 2. The molecule has 0 fully saturated rings. The van der Waals surface area contributed by atoms with E-state index < -0.39 is 6.10 Å². The van der Waals surface area contributed by atoms with Gasteiger partial charge < -0.3 is 19.6 Å². The highest BCUT2D eigenvalue weighted by Gasteiger charge is 2.21. The Balaban J connectivity index is 1.74. The van der Waals surface area contributed by atoms with Crippen molar-refractivity contribution < 1.29 is 14.6 Å². The van der Waals surface area contributed by atoms with Crippen LogP contribution in [-0.2, 0) is 28.9 Å². The molecule has 8 heteroatoms. The summed E-state index contributed by atoms with van der Waals surface area (Å²) in [6.07, 6.45) is 3.71. The van der Waals surface area contributed by atoms with Crippen LogP contribution in [0.25, 0.3) is 10.2 Å². The number of methoxy groups -OCH3 is 1. The van der Waals surface area contributed by atoms with Gasteiger partial charge in [0, 0.05) is 25.1 Å². The van der Waals surface area contributed by atoms with E-state index >= 15 is 0 Å². The lowest BCUT2D eigenvalue weighted by Gasteiger charge is -2.27. The summed E-state index contributed by atoms with van der Waals surface area (Å²) in [4.78, 5) is 24.7. The van der Waals surface area contributed by atoms with E-state index in [-0.39, 0.29) is 17.8 Å². The predicted octanol–water partition coefficient (Wildman–Crippen LogP) is 2.49. The van der Waals surface area contributed by atoms with E-state index in [9.17, 15) is 9.90 Å². The van der Waals surface area contributed by atoms with Crippen LogP contribution >= 0.6 is 11.3 Å². The number of aromatic amines is 1. The Labute approximate surface area is 176 Å². The number of rotatable bonds is 9. The van der Waals surface area contributed by atoms with Crippen LogP contribution in [0.1, 0.15) is 49.9 Å². The van der Waals surface area contributed by atoms with Crippen LogP contribution in [0.15, 0.2) is 4.79 Å². The summed E-state index contributed by atoms with van der Waals surface area (Å²) in [5, 5.41) is 11.2. The quantitative estimate of drug-likeness (QED) is 0.644. The van der Waals surface area contributed by atoms with Crippen LogP contribution in [0.5, 0.6) is 0 Å². The molecule has 0 saturated heterocycles. The fourth-order valence-electron chi connectivity index (χ4n) is 3.65. The first kappa shape index (κ1) is 22.4. The fraction of sp³-hybridized carbons (Fsp3) is 0.714. The molecule has 2 aromatic heterocycles. The molecule has 0 radical (unpaired) electrons. The lowest BCUT2D eigenvalue weighted by Crippen LogP contribution is -2.38. The average Bonchev–Trinajstić information content (AvgIpc) is 3.02. The molecule has 1 atom stereocenters. The van der Waals surface area contributed by atoms with E-state index in [1.54, 1.807) is 18.4 Å². The molecule has 2 N–H and O–H groups in total. The fourth-order valence-corrected chi connectivity index (χ4v) is 4.93. The Kier molecular flexibility index (Phi) is 7.45. The Morgan fingerprint density at radius 2 is 2.07 bits per heavy atom. The molecule has 0 amide bonds. The van der Waals surface area contributed by atoms with Gasteiger partial charge in [-0.1, -0.05) is 0 Å². The third kappa shape index (κ3) is 6.08. The monoisotopic (exact) mass is 423 g/mol. The molecule has 0 aliphatic heterocycles. The van der Waals surface area contributed by atoms with Crippen molar-refractivity contribution in [1.82, 2.24) is 14.9 Å². The van der Waals surface area contributed by atoms with E-state index in [4.69, 9.17) is 14.5 Å². The first-order chi connectivity index (χ1) is 13.8. The van der Waals surface area contributed by atoms with Gasteiger partial charge in [-0.15, -0.1) is 11.3 Å². The molecule has 7 nitrogen and oxygen atoms in total. The van der Waals surface area contributed by atoms with Gasteiger partial charge in [0.1, 0.15) is 10.7 Å². The molecule has 0 saturated carbocycles. The van der Waals surface area contributed by atoms with Gasteiger partial charge in [0.15, 0.2) is 0 Å². The van der Waals surface area contributed by atoms with Gasteiger partial charge in [0.25, 0.3) is 5.56 Å². The van der Waals surface area contributed by atoms with Crippen LogP contribution in [0.2, 0.25) is 0 Å². The molecule has 29 heavy (non-hydrogen) atoms. The van der Waals surface area contributed by atoms with Crippen molar-refractivity contribution in [2.45, 2.75) is 64.7 Å². The van der Waals surface area contributed by atoms with E-state index in [1.807, 2.05) is 25.7 Å². The minimum Gasteiger partial charge on any atom is -0.389 e. The predicted molar refractivity (Wildman–Crippen MR) is 116 cm³/mol. The summed E-state index contributed by atoms with van der Waals surface area (Å²) in [7, 11) is 1.65. The number of thiophene rings is 1. The summed E-state index contributed by atoms with van der Waals surface area (Å²) >= 11 is 1.65. The van der Waals surface area contributed by atoms with Gasteiger partial charge >= 0.3 is 0 Å². The molecule has 1 aliphatic carbocycles. The zero-order valence-corrected chi connectivity index (χ0v) is 18.7. The standard InChI is InChI=1S/C21H33N3O4S/c1-21(2,3)28-13-14(25)11-24(9-10-27-4)12-17-22-19(26)18-15-7-5-6-8-16(15)29-20(18)23-17/h14,25H,5-13H2,1-4H3,(H,22,23,26). The molecular weight excluding hydrogens is 390 g/mol. The first-order valence-electron chi connectivity index (χ1n) is 10.3. The van der Waals surface area contributed by atoms with Crippen molar-refractivity contribution in [2.24, 2.45) is 0 Å². The van der Waals surface area contributed by atoms with E-state index in [1.165, 1.54) is 16.9 Å². The van der Waals surface area contributed by atoms with E-state index in [0.717, 1.165) is 29.5 Å². The van der Waals surface area contributed by atoms with Crippen LogP contribution in [0.3, 0.4) is 0 Å². The SMILES string of the molecule is COCCN(Cc1nc2sc3c(c2c(=O)[nH]1)CCCC3)CC(O)COC(C)(C)C. The minimum absolute atomic E-state index is 0.0484. The van der Waals surface area contributed by atoms with Crippen molar-refractivity contribution in [1.29, 1.82) is 0 Å². The minimum atomic E-state index is -0.629. The topological polar surface area (TPSA) is 87.7 Å². The summed E-state index contributed by atoms with van der Waals surface area (Å²) in [5.41, 5.74) is 0.851. The molecule has 0 spiro atoms. The lowest BCUT2D eigenvalue weighted by atomic mass is 9.97. The maximum absolute atomic E-state index is 12.8. The van der Waals surface area contributed by atoms with Gasteiger partial charge in [0.2, 0.25) is 0 Å². The lowest BCUT2D eigenvalue weighted by molar-refractivity contribution is -0.0578. The van der Waals surface area contributed by atoms with Gasteiger partial charge in [-0.05, 0) is 52.0 Å². The molecule has 162 valence electrons. The molecule has 0 bridgehead atoms. The summed E-state index contributed by atoms with van der Waals surface area (Å²) in [6, 6.07) is 0. The maximum atomic E-state index is 12.8. The number of nitrogens with one attached hydrogen (secondary N) is 1. The van der Waals surface area contributed by atoms with E-state index in [0.29, 0.717) is 32.1 Å². The molecular formula is C21H33N3O4S. The Bertz CT molecular complexity index is 871. The van der Waals surface area contributed by atoms with Gasteiger partial charge in [-0.25, -0.2) is 4.98 Å². The van der Waals surface area contributed by atoms with Gasteiger partial charge in [-0.3, -0.25) is 9.69 Å². The summed E-state index contributed by atoms with van der Waals surface area (Å²) in [6.45, 7) is 8.19. The average molecular weight is 424 g/mol. The van der Waals surface area contributed by atoms with Crippen molar-refractivity contribution in [3.05, 3.63) is 26.6 Å². The third-order valence-corrected chi connectivity index (χ3v) is 6.22. The number of aliphatic hydroxyl groups is 1. The van der Waals surface area contributed by atoms with Crippen LogP contribution in [0, 0.1) is 0 Å². The normalized spacial score (nSPS) is 15.8. The molecule has 1 unspecified atom stereocenters. The highest BCUT2D eigenvalue weighted by molar-refractivity contribution is 7.18. The molecule has 2 aromatic rings. The zero-order chi connectivity index (χ0) is 21.0. The van der Waals surface area contributed by atoms with E-state index in [2.05, 4.69) is 4.98 Å². The Morgan fingerprint density at radius 3 is 2.79 bits per heavy atom. The van der Waals surface area contributed by atoms with Crippen molar-refractivity contribution in [3.8, 4) is 0 Å². The second kappa shape index (κ2) is 9.66. The van der Waals surface area contributed by atoms with Crippen LogP contribution < -0.4 is 5.56 Å². The molecule has 0 aromatic carbocycles. The van der Waals surface area contributed by atoms with Crippen molar-refractivity contribution >= 4 is 21.6 Å². The number of aliphatic hydroxyl groups excluding tert-OH is 1. The molecule has 1 aliphatic rings. The highest BCUT2D eigenvalue weighted by atomic mass is 32.1. The second-order valence-corrected chi connectivity index (χ2v) is 9.79. The maximum Gasteiger partial charge on any atom is 0.259 e. The van der Waals surface area contributed by atoms with Gasteiger partial charge in [-0.2, -0.15) is 0 Å².